The Hall–Kier alpha value is -1.66. The molecule has 29 heavy (non-hydrogen) atoms. The number of nitrogens with one attached hydrogen (secondary N) is 2. The zero-order chi connectivity index (χ0) is 20.5. The maximum atomic E-state index is 13.5. The van der Waals surface area contributed by atoms with Crippen LogP contribution in [0.15, 0.2) is 29.3 Å². The van der Waals surface area contributed by atoms with Crippen molar-refractivity contribution in [3.63, 3.8) is 0 Å². The van der Waals surface area contributed by atoms with Crippen LogP contribution in [0, 0.1) is 5.82 Å². The van der Waals surface area contributed by atoms with Crippen molar-refractivity contribution in [2.45, 2.75) is 57.4 Å². The Kier molecular flexibility index (Phi) is 8.30. The first-order valence-corrected chi connectivity index (χ1v) is 11.3. The topological polar surface area (TPSA) is 48.9 Å². The summed E-state index contributed by atoms with van der Waals surface area (Å²) >= 11 is 0. The quantitative estimate of drug-likeness (QED) is 0.541. The van der Waals surface area contributed by atoms with E-state index in [4.69, 9.17) is 9.73 Å². The summed E-state index contributed by atoms with van der Waals surface area (Å²) in [7, 11) is 0. The molecule has 2 fully saturated rings. The molecule has 0 aliphatic carbocycles. The van der Waals surface area contributed by atoms with Crippen molar-refractivity contribution in [1.29, 1.82) is 0 Å². The molecule has 0 bridgehead atoms. The second kappa shape index (κ2) is 10.9. The van der Waals surface area contributed by atoms with Crippen LogP contribution in [0.4, 0.5) is 4.39 Å². The predicted octanol–water partition coefficient (Wildman–Crippen LogP) is 3.30. The van der Waals surface area contributed by atoms with Gasteiger partial charge in [0.1, 0.15) is 5.82 Å². The number of rotatable bonds is 7. The maximum absolute atomic E-state index is 13.5. The van der Waals surface area contributed by atoms with Crippen molar-refractivity contribution in [3.05, 3.63) is 35.6 Å². The first-order chi connectivity index (χ1) is 14.1. The molecule has 0 atom stereocenters. The largest absolute Gasteiger partial charge is 0.381 e. The van der Waals surface area contributed by atoms with Crippen LogP contribution in [0.1, 0.15) is 51.5 Å². The second-order valence-corrected chi connectivity index (χ2v) is 8.36. The highest BCUT2D eigenvalue weighted by atomic mass is 19.1. The minimum Gasteiger partial charge on any atom is -0.381 e. The van der Waals surface area contributed by atoms with E-state index in [1.807, 2.05) is 12.1 Å². The van der Waals surface area contributed by atoms with Gasteiger partial charge in [-0.15, -0.1) is 0 Å². The summed E-state index contributed by atoms with van der Waals surface area (Å²) in [6.07, 6.45) is 5.36. The van der Waals surface area contributed by atoms with Gasteiger partial charge >= 0.3 is 0 Å². The number of nitrogens with zero attached hydrogens (tertiary/aromatic N) is 2. The van der Waals surface area contributed by atoms with Gasteiger partial charge in [-0.25, -0.2) is 4.39 Å². The molecule has 2 aliphatic rings. The molecule has 0 saturated carbocycles. The summed E-state index contributed by atoms with van der Waals surface area (Å²) in [4.78, 5) is 7.54. The van der Waals surface area contributed by atoms with Gasteiger partial charge in [-0.05, 0) is 63.3 Å². The molecule has 0 aromatic heterocycles. The monoisotopic (exact) mass is 404 g/mol. The summed E-state index contributed by atoms with van der Waals surface area (Å²) in [5, 5.41) is 7.08. The number of ether oxygens (including phenoxy) is 1. The summed E-state index contributed by atoms with van der Waals surface area (Å²) in [6, 6.07) is 7.42. The number of guanidine groups is 1. The molecule has 5 nitrogen and oxygen atoms in total. The lowest BCUT2D eigenvalue weighted by atomic mass is 9.74. The van der Waals surface area contributed by atoms with Crippen molar-refractivity contribution in [1.82, 2.24) is 15.5 Å². The summed E-state index contributed by atoms with van der Waals surface area (Å²) in [6.45, 7) is 10.8. The predicted molar refractivity (Wildman–Crippen MR) is 117 cm³/mol. The smallest absolute Gasteiger partial charge is 0.191 e. The molecule has 0 unspecified atom stereocenters. The van der Waals surface area contributed by atoms with Crippen LogP contribution in [-0.4, -0.2) is 62.8 Å². The van der Waals surface area contributed by atoms with Gasteiger partial charge in [0.2, 0.25) is 0 Å². The third-order valence-electron chi connectivity index (χ3n) is 6.26. The van der Waals surface area contributed by atoms with E-state index in [1.54, 1.807) is 12.1 Å². The lowest BCUT2D eigenvalue weighted by Gasteiger charge is -2.37. The van der Waals surface area contributed by atoms with Gasteiger partial charge in [0.25, 0.3) is 0 Å². The van der Waals surface area contributed by atoms with Gasteiger partial charge in [-0.1, -0.05) is 19.1 Å². The Morgan fingerprint density at radius 3 is 2.48 bits per heavy atom. The van der Waals surface area contributed by atoms with E-state index in [0.29, 0.717) is 12.6 Å². The summed E-state index contributed by atoms with van der Waals surface area (Å²) < 4.78 is 19.1. The number of halogens is 1. The van der Waals surface area contributed by atoms with Crippen LogP contribution in [0.3, 0.4) is 0 Å². The number of aliphatic imine (C=N–C) groups is 1. The third-order valence-corrected chi connectivity index (χ3v) is 6.26. The Morgan fingerprint density at radius 2 is 1.86 bits per heavy atom. The standard InChI is InChI=1S/C23H37FN4O/c1-3-13-28-14-9-21(10-15-28)27-22(25-4-2)26-18-23(11-16-29-17-12-23)19-5-7-20(24)8-6-19/h5-8,21H,3-4,9-18H2,1-2H3,(H2,25,26,27). The highest BCUT2D eigenvalue weighted by molar-refractivity contribution is 5.80. The molecule has 2 aliphatic heterocycles. The molecular weight excluding hydrogens is 367 g/mol. The zero-order valence-electron chi connectivity index (χ0n) is 18.1. The molecule has 2 saturated heterocycles. The van der Waals surface area contributed by atoms with Gasteiger partial charge < -0.3 is 20.3 Å². The van der Waals surface area contributed by atoms with Gasteiger partial charge in [-0.2, -0.15) is 0 Å². The van der Waals surface area contributed by atoms with Crippen molar-refractivity contribution < 1.29 is 9.13 Å². The molecule has 2 N–H and O–H groups in total. The highest BCUT2D eigenvalue weighted by Gasteiger charge is 2.34. The van der Waals surface area contributed by atoms with E-state index >= 15 is 0 Å². The van der Waals surface area contributed by atoms with E-state index in [1.165, 1.54) is 13.0 Å². The van der Waals surface area contributed by atoms with Crippen molar-refractivity contribution >= 4 is 5.96 Å². The number of benzene rings is 1. The van der Waals surface area contributed by atoms with Crippen LogP contribution in [-0.2, 0) is 10.2 Å². The van der Waals surface area contributed by atoms with Crippen molar-refractivity contribution in [3.8, 4) is 0 Å². The van der Waals surface area contributed by atoms with Crippen LogP contribution >= 0.6 is 0 Å². The molecule has 6 heteroatoms. The van der Waals surface area contributed by atoms with Crippen molar-refractivity contribution in [2.24, 2.45) is 4.99 Å². The first kappa shape index (κ1) is 22.0. The highest BCUT2D eigenvalue weighted by Crippen LogP contribution is 2.35. The van der Waals surface area contributed by atoms with E-state index in [0.717, 1.165) is 70.1 Å². The van der Waals surface area contributed by atoms with Crippen LogP contribution in [0.5, 0.6) is 0 Å². The summed E-state index contributed by atoms with van der Waals surface area (Å²) in [5.74, 6) is 0.707. The summed E-state index contributed by atoms with van der Waals surface area (Å²) in [5.41, 5.74) is 1.08. The van der Waals surface area contributed by atoms with Crippen LogP contribution < -0.4 is 10.6 Å². The number of hydrogen-bond acceptors (Lipinski definition) is 3. The molecule has 3 rings (SSSR count). The Labute approximate surface area is 175 Å². The maximum Gasteiger partial charge on any atom is 0.191 e. The fourth-order valence-corrected chi connectivity index (χ4v) is 4.46. The molecule has 1 aromatic rings. The number of piperidine rings is 1. The minimum atomic E-state index is -0.191. The fourth-order valence-electron chi connectivity index (χ4n) is 4.46. The van der Waals surface area contributed by atoms with Crippen molar-refractivity contribution in [2.75, 3.05) is 45.9 Å². The minimum absolute atomic E-state index is 0.0845. The lowest BCUT2D eigenvalue weighted by Crippen LogP contribution is -2.49. The fraction of sp³-hybridized carbons (Fsp3) is 0.696. The average molecular weight is 405 g/mol. The lowest BCUT2D eigenvalue weighted by molar-refractivity contribution is 0.0530. The molecular formula is C23H37FN4O. The Bertz CT molecular complexity index is 635. The SMILES string of the molecule is CCCN1CCC(NC(=NCC2(c3ccc(F)cc3)CCOCC2)NCC)CC1. The van der Waals surface area contributed by atoms with E-state index in [9.17, 15) is 4.39 Å². The first-order valence-electron chi connectivity index (χ1n) is 11.3. The molecule has 162 valence electrons. The van der Waals surface area contributed by atoms with Gasteiger partial charge in [0, 0.05) is 44.3 Å². The third kappa shape index (κ3) is 6.16. The molecule has 0 amide bonds. The average Bonchev–Trinajstić information content (AvgIpc) is 2.75. The number of hydrogen-bond donors (Lipinski definition) is 2. The molecule has 0 spiro atoms. The van der Waals surface area contributed by atoms with Gasteiger partial charge in [-0.3, -0.25) is 4.99 Å². The van der Waals surface area contributed by atoms with E-state index < -0.39 is 0 Å². The van der Waals surface area contributed by atoms with Crippen LogP contribution in [0.25, 0.3) is 0 Å². The van der Waals surface area contributed by atoms with Crippen LogP contribution in [0.2, 0.25) is 0 Å². The number of likely N-dealkylation sites (tertiary alicyclic amines) is 1. The van der Waals surface area contributed by atoms with Gasteiger partial charge in [0.05, 0.1) is 6.54 Å². The second-order valence-electron chi connectivity index (χ2n) is 8.36. The Morgan fingerprint density at radius 1 is 1.17 bits per heavy atom. The van der Waals surface area contributed by atoms with Gasteiger partial charge in [0.15, 0.2) is 5.96 Å². The molecule has 2 heterocycles. The molecule has 1 aromatic carbocycles. The molecule has 0 radical (unpaired) electrons. The Balaban J connectivity index is 1.67. The zero-order valence-corrected chi connectivity index (χ0v) is 18.1. The normalized spacial score (nSPS) is 21.1. The van der Waals surface area contributed by atoms with E-state index in [-0.39, 0.29) is 11.2 Å². The van der Waals surface area contributed by atoms with E-state index in [2.05, 4.69) is 29.4 Å².